The Bertz CT molecular complexity index is 655. The molecule has 8 nitrogen and oxygen atoms in total. The summed E-state index contributed by atoms with van der Waals surface area (Å²) in [5.41, 5.74) is 3.62. The number of carbonyl (C=O) groups excluding carboxylic acids is 2. The van der Waals surface area contributed by atoms with Crippen molar-refractivity contribution in [2.24, 2.45) is 5.10 Å². The number of nitrogens with zero attached hydrogens (tertiary/aromatic N) is 3. The van der Waals surface area contributed by atoms with Crippen molar-refractivity contribution in [2.45, 2.75) is 32.6 Å². The van der Waals surface area contributed by atoms with E-state index in [4.69, 9.17) is 0 Å². The maximum Gasteiger partial charge on any atom is 0.269 e. The third kappa shape index (κ3) is 4.87. The van der Waals surface area contributed by atoms with Gasteiger partial charge in [0, 0.05) is 25.1 Å². The number of benzene rings is 1. The lowest BCUT2D eigenvalue weighted by atomic mass is 10.1. The minimum Gasteiger partial charge on any atom is -0.333 e. The molecule has 2 amide bonds. The topological polar surface area (TPSA) is 105 Å². The number of hydrogen-bond acceptors (Lipinski definition) is 5. The number of hydrazone groups is 1. The van der Waals surface area contributed by atoms with Crippen LogP contribution in [-0.2, 0) is 9.59 Å². The maximum atomic E-state index is 11.9. The van der Waals surface area contributed by atoms with Crippen LogP contribution in [0.4, 0.5) is 5.69 Å². The quantitative estimate of drug-likeness (QED) is 0.504. The SMILES string of the molecule is C/C(=N/NC(=O)CN1CCCCCC1=O)c1ccc([N+](=O)[O-])cc1. The van der Waals surface area contributed by atoms with Gasteiger partial charge in [0.05, 0.1) is 10.6 Å². The van der Waals surface area contributed by atoms with E-state index in [1.54, 1.807) is 24.0 Å². The molecular formula is C16H20N4O4. The van der Waals surface area contributed by atoms with Crippen LogP contribution < -0.4 is 5.43 Å². The highest BCUT2D eigenvalue weighted by Gasteiger charge is 2.19. The molecule has 1 aromatic carbocycles. The second-order valence-electron chi connectivity index (χ2n) is 5.66. The van der Waals surface area contributed by atoms with Crippen molar-refractivity contribution < 1.29 is 14.5 Å². The van der Waals surface area contributed by atoms with E-state index in [0.29, 0.717) is 24.2 Å². The lowest BCUT2D eigenvalue weighted by molar-refractivity contribution is -0.384. The van der Waals surface area contributed by atoms with Crippen LogP contribution in [0.5, 0.6) is 0 Å². The van der Waals surface area contributed by atoms with E-state index in [2.05, 4.69) is 10.5 Å². The monoisotopic (exact) mass is 332 g/mol. The fraction of sp³-hybridized carbons (Fsp3) is 0.438. The normalized spacial score (nSPS) is 15.8. The summed E-state index contributed by atoms with van der Waals surface area (Å²) in [6.07, 6.45) is 3.26. The van der Waals surface area contributed by atoms with Crippen LogP contribution in [-0.4, -0.2) is 40.4 Å². The van der Waals surface area contributed by atoms with Gasteiger partial charge in [0.25, 0.3) is 11.6 Å². The zero-order valence-corrected chi connectivity index (χ0v) is 13.5. The Morgan fingerprint density at radius 1 is 1.29 bits per heavy atom. The van der Waals surface area contributed by atoms with Crippen molar-refractivity contribution in [3.8, 4) is 0 Å². The summed E-state index contributed by atoms with van der Waals surface area (Å²) < 4.78 is 0. The van der Waals surface area contributed by atoms with Gasteiger partial charge in [-0.1, -0.05) is 6.42 Å². The molecule has 1 fully saturated rings. The summed E-state index contributed by atoms with van der Waals surface area (Å²) in [7, 11) is 0. The van der Waals surface area contributed by atoms with Crippen LogP contribution in [0, 0.1) is 10.1 Å². The predicted octanol–water partition coefficient (Wildman–Crippen LogP) is 1.84. The van der Waals surface area contributed by atoms with E-state index in [1.807, 2.05) is 0 Å². The standard InChI is InChI=1S/C16H20N4O4/c1-12(13-6-8-14(9-7-13)20(23)24)17-18-15(21)11-19-10-4-2-3-5-16(19)22/h6-9H,2-5,10-11H2,1H3,(H,18,21)/b17-12-. The first-order valence-corrected chi connectivity index (χ1v) is 7.83. The highest BCUT2D eigenvalue weighted by molar-refractivity contribution is 5.99. The minimum absolute atomic E-state index is 0.00118. The Labute approximate surface area is 139 Å². The Morgan fingerprint density at radius 2 is 2.00 bits per heavy atom. The highest BCUT2D eigenvalue weighted by atomic mass is 16.6. The Hall–Kier alpha value is -2.77. The summed E-state index contributed by atoms with van der Waals surface area (Å²) in [6, 6.07) is 5.90. The number of nitro groups is 1. The molecule has 0 saturated carbocycles. The molecule has 0 aromatic heterocycles. The first kappa shape index (κ1) is 17.6. The van der Waals surface area contributed by atoms with Gasteiger partial charge in [0.1, 0.15) is 6.54 Å². The molecule has 1 aliphatic rings. The third-order valence-corrected chi connectivity index (χ3v) is 3.85. The summed E-state index contributed by atoms with van der Waals surface area (Å²) in [6.45, 7) is 2.28. The smallest absolute Gasteiger partial charge is 0.269 e. The second-order valence-corrected chi connectivity index (χ2v) is 5.66. The number of carbonyl (C=O) groups is 2. The van der Waals surface area contributed by atoms with Gasteiger partial charge in [-0.25, -0.2) is 5.43 Å². The van der Waals surface area contributed by atoms with Gasteiger partial charge >= 0.3 is 0 Å². The van der Waals surface area contributed by atoms with E-state index < -0.39 is 4.92 Å². The number of amides is 2. The van der Waals surface area contributed by atoms with E-state index in [0.717, 1.165) is 19.3 Å². The van der Waals surface area contributed by atoms with E-state index in [1.165, 1.54) is 12.1 Å². The first-order chi connectivity index (χ1) is 11.5. The Kier molecular flexibility index (Phi) is 6.00. The molecule has 0 atom stereocenters. The fourth-order valence-electron chi connectivity index (χ4n) is 2.45. The lowest BCUT2D eigenvalue weighted by Gasteiger charge is -2.19. The lowest BCUT2D eigenvalue weighted by Crippen LogP contribution is -2.39. The van der Waals surface area contributed by atoms with Crippen molar-refractivity contribution in [1.29, 1.82) is 0 Å². The summed E-state index contributed by atoms with van der Waals surface area (Å²) in [5.74, 6) is -0.356. The first-order valence-electron chi connectivity index (χ1n) is 7.83. The molecule has 1 heterocycles. The molecule has 0 aliphatic carbocycles. The molecule has 1 N–H and O–H groups in total. The van der Waals surface area contributed by atoms with Crippen molar-refractivity contribution in [2.75, 3.05) is 13.1 Å². The zero-order chi connectivity index (χ0) is 17.5. The number of nitro benzene ring substituents is 1. The van der Waals surface area contributed by atoms with Crippen molar-refractivity contribution in [3.05, 3.63) is 39.9 Å². The maximum absolute atomic E-state index is 11.9. The molecule has 1 aromatic rings. The molecule has 24 heavy (non-hydrogen) atoms. The van der Waals surface area contributed by atoms with Crippen LogP contribution in [0.25, 0.3) is 0 Å². The van der Waals surface area contributed by atoms with Crippen LogP contribution in [0.3, 0.4) is 0 Å². The fourth-order valence-corrected chi connectivity index (χ4v) is 2.45. The summed E-state index contributed by atoms with van der Waals surface area (Å²) in [4.78, 5) is 35.5. The second kappa shape index (κ2) is 8.19. The molecule has 1 aliphatic heterocycles. The van der Waals surface area contributed by atoms with Crippen LogP contribution in [0.15, 0.2) is 29.4 Å². The van der Waals surface area contributed by atoms with Gasteiger partial charge in [-0.15, -0.1) is 0 Å². The van der Waals surface area contributed by atoms with Gasteiger partial charge in [0.2, 0.25) is 5.91 Å². The predicted molar refractivity (Wildman–Crippen MR) is 88.5 cm³/mol. The Morgan fingerprint density at radius 3 is 2.67 bits per heavy atom. The number of nitrogens with one attached hydrogen (secondary N) is 1. The van der Waals surface area contributed by atoms with Crippen LogP contribution in [0.2, 0.25) is 0 Å². The number of likely N-dealkylation sites (tertiary alicyclic amines) is 1. The number of non-ortho nitro benzene ring substituents is 1. The molecule has 128 valence electrons. The van der Waals surface area contributed by atoms with E-state index >= 15 is 0 Å². The molecule has 0 spiro atoms. The van der Waals surface area contributed by atoms with E-state index in [-0.39, 0.29) is 24.0 Å². The van der Waals surface area contributed by atoms with Crippen LogP contribution in [0.1, 0.15) is 38.2 Å². The number of hydrogen-bond donors (Lipinski definition) is 1. The average molecular weight is 332 g/mol. The van der Waals surface area contributed by atoms with Gasteiger partial charge in [-0.3, -0.25) is 19.7 Å². The van der Waals surface area contributed by atoms with Gasteiger partial charge < -0.3 is 4.90 Å². The van der Waals surface area contributed by atoms with Crippen LogP contribution >= 0.6 is 0 Å². The average Bonchev–Trinajstić information content (AvgIpc) is 2.77. The highest BCUT2D eigenvalue weighted by Crippen LogP contribution is 2.13. The van der Waals surface area contributed by atoms with Gasteiger partial charge in [-0.2, -0.15) is 5.10 Å². The zero-order valence-electron chi connectivity index (χ0n) is 13.5. The summed E-state index contributed by atoms with van der Waals surface area (Å²) in [5, 5.41) is 14.6. The molecule has 0 unspecified atom stereocenters. The Balaban J connectivity index is 1.92. The molecular weight excluding hydrogens is 312 g/mol. The van der Waals surface area contributed by atoms with Crippen molar-refractivity contribution >= 4 is 23.2 Å². The van der Waals surface area contributed by atoms with E-state index in [9.17, 15) is 19.7 Å². The van der Waals surface area contributed by atoms with Gasteiger partial charge in [-0.05, 0) is 37.5 Å². The van der Waals surface area contributed by atoms with Crippen molar-refractivity contribution in [3.63, 3.8) is 0 Å². The minimum atomic E-state index is -0.476. The summed E-state index contributed by atoms with van der Waals surface area (Å²) >= 11 is 0. The largest absolute Gasteiger partial charge is 0.333 e. The molecule has 2 rings (SSSR count). The van der Waals surface area contributed by atoms with Crippen molar-refractivity contribution in [1.82, 2.24) is 10.3 Å². The number of rotatable bonds is 5. The third-order valence-electron chi connectivity index (χ3n) is 3.85. The molecule has 0 bridgehead atoms. The van der Waals surface area contributed by atoms with Gasteiger partial charge in [0.15, 0.2) is 0 Å². The molecule has 0 radical (unpaired) electrons. The molecule has 1 saturated heterocycles. The molecule has 8 heteroatoms.